The molecular weight excluding hydrogens is 380 g/mol. The molecule has 1 aromatic carbocycles. The zero-order valence-corrected chi connectivity index (χ0v) is 16.8. The number of benzene rings is 1. The molecule has 0 bridgehead atoms. The van der Waals surface area contributed by atoms with E-state index in [1.807, 2.05) is 30.5 Å². The minimum atomic E-state index is -0.116. The van der Waals surface area contributed by atoms with Crippen LogP contribution >= 0.6 is 0 Å². The number of aliphatic hydroxyl groups excluding tert-OH is 1. The van der Waals surface area contributed by atoms with Gasteiger partial charge in [0.25, 0.3) is 0 Å². The van der Waals surface area contributed by atoms with E-state index in [4.69, 9.17) is 10.2 Å². The number of nitrogen functional groups attached to an aromatic ring is 1. The molecule has 154 valence electrons. The first-order chi connectivity index (χ1) is 14.6. The average molecular weight is 404 g/mol. The number of anilines is 1. The summed E-state index contributed by atoms with van der Waals surface area (Å²) in [5.74, 6) is 1.15. The van der Waals surface area contributed by atoms with Crippen molar-refractivity contribution < 1.29 is 9.52 Å². The highest BCUT2D eigenvalue weighted by molar-refractivity contribution is 5.82. The molecule has 1 fully saturated rings. The van der Waals surface area contributed by atoms with Crippen LogP contribution in [0.15, 0.2) is 41.1 Å². The van der Waals surface area contributed by atoms with Gasteiger partial charge in [0.1, 0.15) is 11.3 Å². The molecular formula is C22H24N6O2. The van der Waals surface area contributed by atoms with Crippen molar-refractivity contribution in [2.45, 2.75) is 25.4 Å². The zero-order chi connectivity index (χ0) is 20.7. The summed E-state index contributed by atoms with van der Waals surface area (Å²) in [5, 5.41) is 17.2. The Labute approximate surface area is 173 Å². The van der Waals surface area contributed by atoms with Crippen molar-refractivity contribution in [1.29, 1.82) is 0 Å². The number of nitrogens with zero attached hydrogens (tertiary/aromatic N) is 4. The van der Waals surface area contributed by atoms with E-state index in [0.29, 0.717) is 39.9 Å². The van der Waals surface area contributed by atoms with Gasteiger partial charge in [-0.1, -0.05) is 12.1 Å². The van der Waals surface area contributed by atoms with Crippen molar-refractivity contribution in [3.63, 3.8) is 0 Å². The lowest BCUT2D eigenvalue weighted by Crippen LogP contribution is -2.29. The fourth-order valence-corrected chi connectivity index (χ4v) is 4.16. The number of para-hydroxylation sites is 1. The van der Waals surface area contributed by atoms with E-state index in [1.54, 1.807) is 6.20 Å². The molecule has 0 unspecified atom stereocenters. The second-order valence-corrected chi connectivity index (χ2v) is 7.86. The molecule has 0 spiro atoms. The van der Waals surface area contributed by atoms with Crippen LogP contribution in [0.2, 0.25) is 0 Å². The maximum absolute atomic E-state index is 9.57. The van der Waals surface area contributed by atoms with Gasteiger partial charge in [-0.25, -0.2) is 9.97 Å². The Bertz CT molecular complexity index is 1190. The molecule has 0 atom stereocenters. The Morgan fingerprint density at radius 2 is 2.10 bits per heavy atom. The van der Waals surface area contributed by atoms with Gasteiger partial charge in [-0.05, 0) is 45.1 Å². The number of fused-ring (bicyclic) bond motifs is 1. The fourth-order valence-electron chi connectivity index (χ4n) is 4.16. The molecule has 30 heavy (non-hydrogen) atoms. The van der Waals surface area contributed by atoms with Crippen LogP contribution in [0.25, 0.3) is 33.7 Å². The molecule has 8 heteroatoms. The van der Waals surface area contributed by atoms with Crippen LogP contribution in [0.1, 0.15) is 30.0 Å². The Morgan fingerprint density at radius 3 is 2.90 bits per heavy atom. The minimum absolute atomic E-state index is 0.116. The van der Waals surface area contributed by atoms with E-state index in [-0.39, 0.29) is 6.61 Å². The Balaban J connectivity index is 1.55. The van der Waals surface area contributed by atoms with Crippen LogP contribution in [-0.4, -0.2) is 50.3 Å². The smallest absolute Gasteiger partial charge is 0.231 e. The summed E-state index contributed by atoms with van der Waals surface area (Å²) >= 11 is 0. The van der Waals surface area contributed by atoms with Crippen LogP contribution in [0, 0.1) is 0 Å². The summed E-state index contributed by atoms with van der Waals surface area (Å²) < 4.78 is 5.97. The Morgan fingerprint density at radius 1 is 1.27 bits per heavy atom. The predicted octanol–water partition coefficient (Wildman–Crippen LogP) is 3.16. The number of oxazole rings is 1. The van der Waals surface area contributed by atoms with Crippen LogP contribution in [0.4, 0.5) is 5.82 Å². The lowest BCUT2D eigenvalue weighted by molar-refractivity contribution is 0.253. The van der Waals surface area contributed by atoms with E-state index in [9.17, 15) is 5.11 Å². The highest BCUT2D eigenvalue weighted by atomic mass is 16.3. The number of aliphatic hydroxyl groups is 1. The van der Waals surface area contributed by atoms with Crippen LogP contribution in [0.3, 0.4) is 0 Å². The monoisotopic (exact) mass is 404 g/mol. The molecule has 0 aliphatic carbocycles. The molecule has 1 aliphatic rings. The summed E-state index contributed by atoms with van der Waals surface area (Å²) in [6, 6.07) is 7.46. The minimum Gasteiger partial charge on any atom is -0.436 e. The van der Waals surface area contributed by atoms with Crippen molar-refractivity contribution >= 4 is 16.9 Å². The maximum Gasteiger partial charge on any atom is 0.231 e. The highest BCUT2D eigenvalue weighted by Gasteiger charge is 2.24. The molecule has 0 saturated carbocycles. The van der Waals surface area contributed by atoms with Gasteiger partial charge in [0.05, 0.1) is 17.9 Å². The molecule has 4 heterocycles. The van der Waals surface area contributed by atoms with Gasteiger partial charge in [0.15, 0.2) is 5.58 Å². The maximum atomic E-state index is 9.57. The summed E-state index contributed by atoms with van der Waals surface area (Å²) in [5.41, 5.74) is 11.8. The normalized spacial score (nSPS) is 15.8. The number of H-pyrrole nitrogens is 1. The third-order valence-corrected chi connectivity index (χ3v) is 5.90. The third-order valence-electron chi connectivity index (χ3n) is 5.90. The first-order valence-corrected chi connectivity index (χ1v) is 10.1. The first kappa shape index (κ1) is 18.8. The van der Waals surface area contributed by atoms with Crippen LogP contribution in [0.5, 0.6) is 0 Å². The van der Waals surface area contributed by atoms with E-state index in [1.165, 1.54) is 0 Å². The predicted molar refractivity (Wildman–Crippen MR) is 115 cm³/mol. The van der Waals surface area contributed by atoms with Gasteiger partial charge in [0.2, 0.25) is 5.89 Å². The summed E-state index contributed by atoms with van der Waals surface area (Å²) in [7, 11) is 2.15. The van der Waals surface area contributed by atoms with Gasteiger partial charge in [-0.3, -0.25) is 5.10 Å². The average Bonchev–Trinajstić information content (AvgIpc) is 3.41. The SMILES string of the molecule is CN1CCC(c2n[nH]cc2-c2cnc(N)c(-c3nc4cccc(CO)c4o3)c2)CC1. The van der Waals surface area contributed by atoms with E-state index in [0.717, 1.165) is 42.8 Å². The quantitative estimate of drug-likeness (QED) is 0.478. The number of hydrogen-bond donors (Lipinski definition) is 3. The first-order valence-electron chi connectivity index (χ1n) is 10.1. The van der Waals surface area contributed by atoms with E-state index < -0.39 is 0 Å². The van der Waals surface area contributed by atoms with Crippen LogP contribution in [-0.2, 0) is 6.61 Å². The van der Waals surface area contributed by atoms with Crippen molar-refractivity contribution in [3.05, 3.63) is 47.9 Å². The second-order valence-electron chi connectivity index (χ2n) is 7.86. The number of likely N-dealkylation sites (tertiary alicyclic amines) is 1. The van der Waals surface area contributed by atoms with Crippen molar-refractivity contribution in [2.24, 2.45) is 0 Å². The van der Waals surface area contributed by atoms with Gasteiger partial charge in [-0.2, -0.15) is 5.10 Å². The van der Waals surface area contributed by atoms with Crippen molar-refractivity contribution in [1.82, 2.24) is 25.1 Å². The van der Waals surface area contributed by atoms with E-state index in [2.05, 4.69) is 32.1 Å². The van der Waals surface area contributed by atoms with Gasteiger partial charge in [0, 0.05) is 35.0 Å². The van der Waals surface area contributed by atoms with Crippen molar-refractivity contribution in [2.75, 3.05) is 25.9 Å². The molecule has 4 N–H and O–H groups in total. The number of nitrogens with one attached hydrogen (secondary N) is 1. The third kappa shape index (κ3) is 3.24. The van der Waals surface area contributed by atoms with Crippen molar-refractivity contribution in [3.8, 4) is 22.6 Å². The number of aromatic amines is 1. The Kier molecular flexibility index (Phi) is 4.72. The number of nitrogens with two attached hydrogens (primary N) is 1. The van der Waals surface area contributed by atoms with Gasteiger partial charge in [-0.15, -0.1) is 0 Å². The second kappa shape index (κ2) is 7.55. The molecule has 8 nitrogen and oxygen atoms in total. The largest absolute Gasteiger partial charge is 0.436 e. The zero-order valence-electron chi connectivity index (χ0n) is 16.8. The highest BCUT2D eigenvalue weighted by Crippen LogP contribution is 2.36. The number of piperidine rings is 1. The molecule has 0 amide bonds. The lowest BCUT2D eigenvalue weighted by atomic mass is 9.90. The molecule has 1 saturated heterocycles. The summed E-state index contributed by atoms with van der Waals surface area (Å²) in [6.45, 7) is 2.02. The molecule has 3 aromatic heterocycles. The Hall–Kier alpha value is -3.23. The standard InChI is InChI=1S/C22H24N6O2/c1-28-7-5-13(6-8-28)19-17(11-25-27-19)15-9-16(21(23)24-10-15)22-26-18-4-2-3-14(12-29)20(18)30-22/h2-4,9-11,13,29H,5-8,12H2,1H3,(H2,23,24)(H,25,27). The number of hydrogen-bond acceptors (Lipinski definition) is 7. The number of rotatable bonds is 4. The molecule has 1 aliphatic heterocycles. The van der Waals surface area contributed by atoms with Gasteiger partial charge < -0.3 is 20.2 Å². The fraction of sp³-hybridized carbons (Fsp3) is 0.318. The molecule has 0 radical (unpaired) electrons. The van der Waals surface area contributed by atoms with Crippen LogP contribution < -0.4 is 5.73 Å². The molecule has 4 aromatic rings. The van der Waals surface area contributed by atoms with E-state index >= 15 is 0 Å². The number of pyridine rings is 1. The lowest BCUT2D eigenvalue weighted by Gasteiger charge is -2.28. The number of aromatic nitrogens is 4. The molecule has 5 rings (SSSR count). The summed E-state index contributed by atoms with van der Waals surface area (Å²) in [4.78, 5) is 11.3. The topological polar surface area (TPSA) is 117 Å². The summed E-state index contributed by atoms with van der Waals surface area (Å²) in [6.07, 6.45) is 5.85. The van der Waals surface area contributed by atoms with Gasteiger partial charge >= 0.3 is 0 Å².